The normalized spacial score (nSPS) is 22.4. The SMILES string of the molecule is C=C(F)C(=O)N1CCN(c2nc(OCC3S[C@]3(C)N(C)C3CC3)nc3c2CCN(c2cccc4cccc(Cl)c24)C3)C=C1CC#N. The molecule has 0 spiro atoms. The van der Waals surface area contributed by atoms with Gasteiger partial charge in [0.15, 0.2) is 5.83 Å². The van der Waals surface area contributed by atoms with E-state index in [-0.39, 0.29) is 17.8 Å². The van der Waals surface area contributed by atoms with Gasteiger partial charge in [-0.1, -0.05) is 42.4 Å². The molecule has 0 radical (unpaired) electrons. The summed E-state index contributed by atoms with van der Waals surface area (Å²) in [6, 6.07) is 15.2. The van der Waals surface area contributed by atoms with Crippen LogP contribution in [0.5, 0.6) is 6.01 Å². The lowest BCUT2D eigenvalue weighted by Gasteiger charge is -2.36. The Balaban J connectivity index is 1.22. The number of allylic oxidation sites excluding steroid dienone is 1. The van der Waals surface area contributed by atoms with Crippen LogP contribution < -0.4 is 14.5 Å². The Morgan fingerprint density at radius 2 is 2.02 bits per heavy atom. The highest BCUT2D eigenvalue weighted by atomic mass is 35.5. The number of ether oxygens (including phenoxy) is 1. The van der Waals surface area contributed by atoms with Crippen LogP contribution >= 0.6 is 23.4 Å². The molecule has 7 rings (SSSR count). The van der Waals surface area contributed by atoms with Crippen molar-refractivity contribution >= 4 is 51.5 Å². The van der Waals surface area contributed by atoms with Crippen molar-refractivity contribution in [2.24, 2.45) is 0 Å². The van der Waals surface area contributed by atoms with Gasteiger partial charge in [0.2, 0.25) is 0 Å². The maximum atomic E-state index is 13.8. The van der Waals surface area contributed by atoms with Crippen molar-refractivity contribution in [1.29, 1.82) is 5.26 Å². The highest BCUT2D eigenvalue weighted by Crippen LogP contribution is 2.57. The predicted molar refractivity (Wildman–Crippen MR) is 179 cm³/mol. The van der Waals surface area contributed by atoms with E-state index in [1.54, 1.807) is 6.20 Å². The third-order valence-corrected chi connectivity index (χ3v) is 11.5. The fourth-order valence-corrected chi connectivity index (χ4v) is 8.07. The van der Waals surface area contributed by atoms with E-state index in [9.17, 15) is 14.4 Å². The first-order valence-electron chi connectivity index (χ1n) is 15.5. The van der Waals surface area contributed by atoms with Crippen LogP contribution in [0.2, 0.25) is 5.02 Å². The van der Waals surface area contributed by atoms with E-state index in [0.29, 0.717) is 66.5 Å². The van der Waals surface area contributed by atoms with Gasteiger partial charge in [0.05, 0.1) is 45.6 Å². The number of anilines is 2. The van der Waals surface area contributed by atoms with Gasteiger partial charge in [0, 0.05) is 48.5 Å². The molecule has 3 aromatic rings. The Morgan fingerprint density at radius 1 is 1.24 bits per heavy atom. The molecule has 2 aromatic carbocycles. The average molecular weight is 660 g/mol. The minimum Gasteiger partial charge on any atom is -0.462 e. The van der Waals surface area contributed by atoms with Crippen molar-refractivity contribution in [3.05, 3.63) is 77.0 Å². The maximum absolute atomic E-state index is 13.8. The lowest BCUT2D eigenvalue weighted by Crippen LogP contribution is -2.43. The van der Waals surface area contributed by atoms with Crippen molar-refractivity contribution in [3.8, 4) is 12.1 Å². The van der Waals surface area contributed by atoms with Crippen LogP contribution in [0, 0.1) is 11.3 Å². The van der Waals surface area contributed by atoms with Crippen LogP contribution in [-0.2, 0) is 17.8 Å². The molecule has 0 N–H and O–H groups in total. The number of fused-ring (bicyclic) bond motifs is 2. The van der Waals surface area contributed by atoms with Gasteiger partial charge in [0.1, 0.15) is 12.4 Å². The number of carbonyl (C=O) groups is 1. The maximum Gasteiger partial charge on any atom is 0.318 e. The van der Waals surface area contributed by atoms with E-state index < -0.39 is 11.7 Å². The molecule has 1 aromatic heterocycles. The minimum atomic E-state index is -1.06. The summed E-state index contributed by atoms with van der Waals surface area (Å²) in [6.45, 7) is 7.71. The summed E-state index contributed by atoms with van der Waals surface area (Å²) in [4.78, 5) is 30.4. The number of benzene rings is 2. The van der Waals surface area contributed by atoms with Crippen molar-refractivity contribution in [3.63, 3.8) is 0 Å². The Hall–Kier alpha value is -3.85. The summed E-state index contributed by atoms with van der Waals surface area (Å²) < 4.78 is 20.2. The largest absolute Gasteiger partial charge is 0.462 e. The Morgan fingerprint density at radius 3 is 2.76 bits per heavy atom. The number of thioether (sulfide) groups is 1. The third kappa shape index (κ3) is 5.67. The number of nitriles is 1. The molecular formula is C34H35ClFN7O2S. The summed E-state index contributed by atoms with van der Waals surface area (Å²) in [5, 5.41) is 12.6. The molecule has 1 saturated carbocycles. The fraction of sp³-hybridized carbons (Fsp3) is 0.412. The standard InChI is InChI=1S/C34H35ClFN7O2S/c1-21(36)32(44)43-17-16-42(18-24(43)12-14-37)31-25-13-15-41(28-9-5-7-22-6-4-8-26(35)30(22)28)19-27(25)38-33(39-31)45-20-29-34(2,46-29)40(3)23-10-11-23/h4-9,18,23,29H,1,10-13,15-17,19-20H2,2-3H3/t29?,34-/m0/s1. The molecule has 3 aliphatic heterocycles. The molecule has 4 heterocycles. The molecule has 1 amide bonds. The summed E-state index contributed by atoms with van der Waals surface area (Å²) in [5.41, 5.74) is 3.27. The molecule has 46 heavy (non-hydrogen) atoms. The van der Waals surface area contributed by atoms with Crippen LogP contribution in [0.25, 0.3) is 10.8 Å². The Labute approximate surface area is 277 Å². The average Bonchev–Trinajstić information content (AvgIpc) is 4.00. The lowest BCUT2D eigenvalue weighted by atomic mass is 10.0. The number of carbonyl (C=O) groups excluding carboxylic acids is 1. The number of halogens is 2. The van der Waals surface area contributed by atoms with E-state index in [4.69, 9.17) is 26.3 Å². The lowest BCUT2D eigenvalue weighted by molar-refractivity contribution is -0.126. The Bertz CT molecular complexity index is 1800. The molecule has 2 fully saturated rings. The van der Waals surface area contributed by atoms with Crippen molar-refractivity contribution < 1.29 is 13.9 Å². The fourth-order valence-electron chi connectivity index (χ4n) is 6.60. The zero-order chi connectivity index (χ0) is 32.2. The number of aromatic nitrogens is 2. The van der Waals surface area contributed by atoms with Crippen LogP contribution in [0.1, 0.15) is 37.4 Å². The van der Waals surface area contributed by atoms with Gasteiger partial charge < -0.3 is 19.4 Å². The molecule has 4 aliphatic rings. The second-order valence-electron chi connectivity index (χ2n) is 12.4. The summed E-state index contributed by atoms with van der Waals surface area (Å²) in [5.74, 6) is -1.21. The van der Waals surface area contributed by atoms with Crippen LogP contribution in [-0.4, -0.2) is 75.1 Å². The van der Waals surface area contributed by atoms with Gasteiger partial charge in [-0.05, 0) is 50.8 Å². The van der Waals surface area contributed by atoms with E-state index in [1.807, 2.05) is 34.9 Å². The molecule has 1 saturated heterocycles. The minimum absolute atomic E-state index is 0.0425. The number of amides is 1. The summed E-state index contributed by atoms with van der Waals surface area (Å²) >= 11 is 8.61. The zero-order valence-electron chi connectivity index (χ0n) is 25.9. The van der Waals surface area contributed by atoms with E-state index in [2.05, 4.69) is 54.6 Å². The van der Waals surface area contributed by atoms with Gasteiger partial charge in [-0.25, -0.2) is 4.39 Å². The van der Waals surface area contributed by atoms with Crippen LogP contribution in [0.15, 0.2) is 60.7 Å². The second kappa shape index (κ2) is 12.1. The number of hydrogen-bond acceptors (Lipinski definition) is 9. The number of nitrogens with zero attached hydrogens (tertiary/aromatic N) is 7. The van der Waals surface area contributed by atoms with Crippen LogP contribution in [0.3, 0.4) is 0 Å². The molecule has 238 valence electrons. The topological polar surface area (TPSA) is 88.8 Å². The monoisotopic (exact) mass is 659 g/mol. The molecule has 9 nitrogen and oxygen atoms in total. The van der Waals surface area contributed by atoms with Crippen molar-refractivity contribution in [2.75, 3.05) is 43.1 Å². The molecular weight excluding hydrogens is 625 g/mol. The van der Waals surface area contributed by atoms with Gasteiger partial charge in [-0.2, -0.15) is 15.2 Å². The van der Waals surface area contributed by atoms with E-state index >= 15 is 0 Å². The van der Waals surface area contributed by atoms with Crippen LogP contribution in [0.4, 0.5) is 15.9 Å². The predicted octanol–water partition coefficient (Wildman–Crippen LogP) is 6.04. The summed E-state index contributed by atoms with van der Waals surface area (Å²) in [7, 11) is 2.19. The van der Waals surface area contributed by atoms with Gasteiger partial charge >= 0.3 is 6.01 Å². The van der Waals surface area contributed by atoms with E-state index in [1.165, 1.54) is 17.7 Å². The number of rotatable bonds is 9. The first-order valence-corrected chi connectivity index (χ1v) is 16.8. The highest BCUT2D eigenvalue weighted by Gasteiger charge is 2.57. The molecule has 2 atom stereocenters. The van der Waals surface area contributed by atoms with Gasteiger partial charge in [-0.15, -0.1) is 11.8 Å². The molecule has 0 bridgehead atoms. The third-order valence-electron chi connectivity index (χ3n) is 9.50. The first-order chi connectivity index (χ1) is 22.2. The molecule has 1 aliphatic carbocycles. The van der Waals surface area contributed by atoms with Crippen molar-refractivity contribution in [1.82, 2.24) is 19.8 Å². The quantitative estimate of drug-likeness (QED) is 0.202. The number of hydrogen-bond donors (Lipinski definition) is 0. The molecule has 12 heteroatoms. The van der Waals surface area contributed by atoms with E-state index in [0.717, 1.165) is 27.7 Å². The zero-order valence-corrected chi connectivity index (χ0v) is 27.5. The van der Waals surface area contributed by atoms with Crippen molar-refractivity contribution in [2.45, 2.75) is 55.3 Å². The highest BCUT2D eigenvalue weighted by molar-refractivity contribution is 8.08. The van der Waals surface area contributed by atoms with Gasteiger partial charge in [-0.3, -0.25) is 9.69 Å². The Kier molecular flexibility index (Phi) is 8.07. The molecule has 1 unspecified atom stereocenters. The first kappa shape index (κ1) is 30.8. The van der Waals surface area contributed by atoms with Gasteiger partial charge in [0.25, 0.3) is 5.91 Å². The smallest absolute Gasteiger partial charge is 0.318 e. The second-order valence-corrected chi connectivity index (χ2v) is 14.4. The summed E-state index contributed by atoms with van der Waals surface area (Å²) in [6.07, 6.45) is 4.81.